The number of amidine groups is 1. The van der Waals surface area contributed by atoms with Gasteiger partial charge in [0.2, 0.25) is 0 Å². The highest BCUT2D eigenvalue weighted by molar-refractivity contribution is 5.80. The van der Waals surface area contributed by atoms with Gasteiger partial charge in [0.05, 0.1) is 5.84 Å². The molecule has 0 aliphatic heterocycles. The van der Waals surface area contributed by atoms with Crippen LogP contribution in [-0.4, -0.2) is 24.8 Å². The Labute approximate surface area is 104 Å². The highest BCUT2D eigenvalue weighted by atomic mass is 15.1. The van der Waals surface area contributed by atoms with E-state index in [2.05, 4.69) is 10.7 Å². The number of allylic oxidation sites excluding steroid dienone is 1. The first-order chi connectivity index (χ1) is 7.72. The molecule has 2 nitrogen and oxygen atoms in total. The minimum atomic E-state index is 0.981. The molecule has 0 aromatic heterocycles. The van der Waals surface area contributed by atoms with Gasteiger partial charge in [0.1, 0.15) is 0 Å². The van der Waals surface area contributed by atoms with Crippen LogP contribution in [0.4, 0.5) is 0 Å². The lowest BCUT2D eigenvalue weighted by Crippen LogP contribution is -2.16. The molecule has 0 unspecified atom stereocenters. The third-order valence-corrected chi connectivity index (χ3v) is 1.27. The standard InChI is InChI=1S/C8H14N2.3C2H6/c1-5-6-7-10(4)8(2)9-3;3*1-2/h5,7H,1-4H3;3*1-2H3. The molecule has 98 valence electrons. The molecule has 0 aromatic rings. The molecule has 0 fully saturated rings. The van der Waals surface area contributed by atoms with E-state index in [1.807, 2.05) is 79.6 Å². The van der Waals surface area contributed by atoms with Gasteiger partial charge in [-0.05, 0) is 19.9 Å². The first-order valence-electron chi connectivity index (χ1n) is 6.25. The summed E-state index contributed by atoms with van der Waals surface area (Å²) in [7, 11) is 3.72. The predicted octanol–water partition coefficient (Wildman–Crippen LogP) is 4.73. The van der Waals surface area contributed by atoms with E-state index in [0.717, 1.165) is 5.84 Å². The maximum atomic E-state index is 4.00. The van der Waals surface area contributed by atoms with Crippen molar-refractivity contribution in [3.05, 3.63) is 18.0 Å². The zero-order chi connectivity index (χ0) is 14.0. The van der Waals surface area contributed by atoms with Gasteiger partial charge < -0.3 is 4.90 Å². The van der Waals surface area contributed by atoms with Gasteiger partial charge in [-0.3, -0.25) is 4.99 Å². The van der Waals surface area contributed by atoms with E-state index in [1.54, 1.807) is 7.05 Å². The van der Waals surface area contributed by atoms with Gasteiger partial charge in [-0.1, -0.05) is 41.5 Å². The van der Waals surface area contributed by atoms with Crippen molar-refractivity contribution in [2.75, 3.05) is 14.1 Å². The Balaban J connectivity index is -0.000000103. The molecule has 0 spiro atoms. The monoisotopic (exact) mass is 228 g/mol. The van der Waals surface area contributed by atoms with E-state index >= 15 is 0 Å². The van der Waals surface area contributed by atoms with Crippen LogP contribution in [0.3, 0.4) is 0 Å². The van der Waals surface area contributed by atoms with Gasteiger partial charge in [0.15, 0.2) is 0 Å². The Hall–Kier alpha value is -1.01. The van der Waals surface area contributed by atoms with Crippen LogP contribution in [0, 0.1) is 0 Å². The SMILES string of the molecule is CC.CC.CC.CC=C=CN(C)C(C)=NC. The van der Waals surface area contributed by atoms with Crippen molar-refractivity contribution in [3.8, 4) is 0 Å². The van der Waals surface area contributed by atoms with Gasteiger partial charge in [-0.25, -0.2) is 0 Å². The Morgan fingerprint density at radius 3 is 1.69 bits per heavy atom. The molecule has 0 atom stereocenters. The third-order valence-electron chi connectivity index (χ3n) is 1.27. The van der Waals surface area contributed by atoms with Gasteiger partial charge >= 0.3 is 0 Å². The van der Waals surface area contributed by atoms with E-state index in [4.69, 9.17) is 0 Å². The van der Waals surface area contributed by atoms with Crippen LogP contribution < -0.4 is 0 Å². The minimum Gasteiger partial charge on any atom is -0.333 e. The van der Waals surface area contributed by atoms with E-state index in [-0.39, 0.29) is 0 Å². The van der Waals surface area contributed by atoms with Crippen molar-refractivity contribution in [2.45, 2.75) is 55.4 Å². The maximum absolute atomic E-state index is 4.00. The van der Waals surface area contributed by atoms with Crippen molar-refractivity contribution >= 4 is 5.84 Å². The molecule has 0 bridgehead atoms. The summed E-state index contributed by atoms with van der Waals surface area (Å²) in [5.41, 5.74) is 2.96. The van der Waals surface area contributed by atoms with Crippen LogP contribution in [0.5, 0.6) is 0 Å². The van der Waals surface area contributed by atoms with Gasteiger partial charge in [-0.15, -0.1) is 5.73 Å². The molecular formula is C14H32N2. The molecule has 0 rings (SSSR count). The lowest BCUT2D eigenvalue weighted by Gasteiger charge is -2.09. The van der Waals surface area contributed by atoms with Crippen molar-refractivity contribution in [2.24, 2.45) is 4.99 Å². The summed E-state index contributed by atoms with van der Waals surface area (Å²) in [4.78, 5) is 5.92. The number of hydrogen-bond acceptors (Lipinski definition) is 1. The zero-order valence-electron chi connectivity index (χ0n) is 13.0. The summed E-state index contributed by atoms with van der Waals surface area (Å²) in [5, 5.41) is 0. The Kier molecular flexibility index (Phi) is 44.3. The molecule has 0 radical (unpaired) electrons. The Morgan fingerprint density at radius 1 is 1.06 bits per heavy atom. The first-order valence-corrected chi connectivity index (χ1v) is 6.25. The topological polar surface area (TPSA) is 15.6 Å². The van der Waals surface area contributed by atoms with Crippen LogP contribution in [0.25, 0.3) is 0 Å². The van der Waals surface area contributed by atoms with Crippen molar-refractivity contribution in [1.29, 1.82) is 0 Å². The molecule has 2 heteroatoms. The summed E-state index contributed by atoms with van der Waals surface area (Å²) in [6.45, 7) is 15.9. The normalized spacial score (nSPS) is 7.50. The fourth-order valence-corrected chi connectivity index (χ4v) is 0.437. The maximum Gasteiger partial charge on any atom is 0.0995 e. The first kappa shape index (κ1) is 24.3. The molecule has 0 saturated carbocycles. The molecule has 0 aliphatic rings. The number of rotatable bonds is 1. The number of aliphatic imine (C=N–C) groups is 1. The van der Waals surface area contributed by atoms with Crippen molar-refractivity contribution < 1.29 is 0 Å². The molecule has 0 N–H and O–H groups in total. The zero-order valence-corrected chi connectivity index (χ0v) is 13.0. The molecule has 0 aliphatic carbocycles. The summed E-state index contributed by atoms with van der Waals surface area (Å²) in [6, 6.07) is 0. The molecular weight excluding hydrogens is 196 g/mol. The van der Waals surface area contributed by atoms with Crippen LogP contribution >= 0.6 is 0 Å². The summed E-state index contributed by atoms with van der Waals surface area (Å²) < 4.78 is 0. The largest absolute Gasteiger partial charge is 0.333 e. The summed E-state index contributed by atoms with van der Waals surface area (Å²) in [5.74, 6) is 0.981. The van der Waals surface area contributed by atoms with Crippen molar-refractivity contribution in [1.82, 2.24) is 4.90 Å². The van der Waals surface area contributed by atoms with E-state index in [0.29, 0.717) is 0 Å². The third kappa shape index (κ3) is 23.1. The Bertz CT molecular complexity index is 175. The number of hydrogen-bond donors (Lipinski definition) is 0. The van der Waals surface area contributed by atoms with Crippen LogP contribution in [0.1, 0.15) is 55.4 Å². The highest BCUT2D eigenvalue weighted by Crippen LogP contribution is 1.85. The van der Waals surface area contributed by atoms with Crippen molar-refractivity contribution in [3.63, 3.8) is 0 Å². The Morgan fingerprint density at radius 2 is 1.44 bits per heavy atom. The van der Waals surface area contributed by atoms with Gasteiger partial charge in [-0.2, -0.15) is 0 Å². The fraction of sp³-hybridized carbons (Fsp3) is 0.714. The second-order valence-corrected chi connectivity index (χ2v) is 1.97. The quantitative estimate of drug-likeness (QED) is 0.360. The van der Waals surface area contributed by atoms with Gasteiger partial charge in [0, 0.05) is 20.3 Å². The average Bonchev–Trinajstić information content (AvgIpc) is 2.41. The molecule has 0 heterocycles. The summed E-state index contributed by atoms with van der Waals surface area (Å²) in [6.07, 6.45) is 3.71. The van der Waals surface area contributed by atoms with Crippen LogP contribution in [-0.2, 0) is 0 Å². The van der Waals surface area contributed by atoms with Gasteiger partial charge in [0.25, 0.3) is 0 Å². The molecule has 16 heavy (non-hydrogen) atoms. The minimum absolute atomic E-state index is 0.981. The molecule has 0 aromatic carbocycles. The predicted molar refractivity (Wildman–Crippen MR) is 79.2 cm³/mol. The van der Waals surface area contributed by atoms with E-state index in [9.17, 15) is 0 Å². The lowest BCUT2D eigenvalue weighted by atomic mass is 10.5. The molecule has 0 saturated heterocycles. The average molecular weight is 228 g/mol. The van der Waals surface area contributed by atoms with Crippen LogP contribution in [0.2, 0.25) is 0 Å². The van der Waals surface area contributed by atoms with Crippen LogP contribution in [0.15, 0.2) is 23.0 Å². The highest BCUT2D eigenvalue weighted by Gasteiger charge is 1.90. The molecule has 0 amide bonds. The van der Waals surface area contributed by atoms with E-state index in [1.165, 1.54) is 0 Å². The fourth-order valence-electron chi connectivity index (χ4n) is 0.437. The number of nitrogens with zero attached hydrogens (tertiary/aromatic N) is 2. The summed E-state index contributed by atoms with van der Waals surface area (Å²) >= 11 is 0. The van der Waals surface area contributed by atoms with E-state index < -0.39 is 0 Å². The second kappa shape index (κ2) is 29.2. The smallest absolute Gasteiger partial charge is 0.0995 e. The second-order valence-electron chi connectivity index (χ2n) is 1.97. The lowest BCUT2D eigenvalue weighted by molar-refractivity contribution is 0.682.